The minimum atomic E-state index is 0.840. The van der Waals surface area contributed by atoms with Crippen molar-refractivity contribution in [2.75, 3.05) is 5.73 Å². The van der Waals surface area contributed by atoms with Gasteiger partial charge in [-0.2, -0.15) is 0 Å². The molecule has 0 aromatic heterocycles. The summed E-state index contributed by atoms with van der Waals surface area (Å²) in [5.41, 5.74) is 7.71. The van der Waals surface area contributed by atoms with Crippen molar-refractivity contribution in [3.63, 3.8) is 0 Å². The topological polar surface area (TPSA) is 26.0 Å². The Morgan fingerprint density at radius 2 is 2.10 bits per heavy atom. The molecule has 54 valence electrons. The van der Waals surface area contributed by atoms with Crippen molar-refractivity contribution in [3.05, 3.63) is 25.7 Å². The highest BCUT2D eigenvalue weighted by atomic mass is 127. The first-order valence-corrected chi connectivity index (χ1v) is 4.69. The van der Waals surface area contributed by atoms with E-state index in [-0.39, 0.29) is 0 Å². The summed E-state index contributed by atoms with van der Waals surface area (Å²) in [7, 11) is 0. The van der Waals surface area contributed by atoms with E-state index < -0.39 is 0 Å². The number of hydrogen-bond donors (Lipinski definition) is 1. The Morgan fingerprint density at radius 1 is 1.50 bits per heavy atom. The van der Waals surface area contributed by atoms with Crippen LogP contribution in [0.1, 0.15) is 5.56 Å². The van der Waals surface area contributed by atoms with Gasteiger partial charge < -0.3 is 5.73 Å². The zero-order valence-electron chi connectivity index (χ0n) is 5.49. The van der Waals surface area contributed by atoms with Crippen LogP contribution in [0.15, 0.2) is 16.6 Å². The van der Waals surface area contributed by atoms with Gasteiger partial charge in [-0.1, -0.05) is 0 Å². The Kier molecular flexibility index (Phi) is 2.57. The van der Waals surface area contributed by atoms with Gasteiger partial charge in [-0.3, -0.25) is 0 Å². The Balaban J connectivity index is 3.31. The molecule has 0 amide bonds. The SMILES string of the molecule is Cc1cc(N)c(I)c(Br)c1. The second-order valence-electron chi connectivity index (χ2n) is 2.15. The van der Waals surface area contributed by atoms with Crippen LogP contribution in [0.25, 0.3) is 0 Å². The van der Waals surface area contributed by atoms with E-state index in [1.54, 1.807) is 0 Å². The molecule has 0 unspecified atom stereocenters. The Hall–Kier alpha value is 0.230. The third-order valence-corrected chi connectivity index (χ3v) is 3.77. The van der Waals surface area contributed by atoms with Gasteiger partial charge in [-0.25, -0.2) is 0 Å². The zero-order chi connectivity index (χ0) is 7.72. The van der Waals surface area contributed by atoms with Crippen LogP contribution in [0.3, 0.4) is 0 Å². The minimum absolute atomic E-state index is 0.840. The fourth-order valence-electron chi connectivity index (χ4n) is 0.751. The van der Waals surface area contributed by atoms with Gasteiger partial charge in [0.25, 0.3) is 0 Å². The largest absolute Gasteiger partial charge is 0.398 e. The standard InChI is InChI=1S/C7H7BrIN/c1-4-2-5(8)7(9)6(10)3-4/h2-3H,10H2,1H3. The molecular formula is C7H7BrIN. The van der Waals surface area contributed by atoms with Crippen LogP contribution in [0.5, 0.6) is 0 Å². The summed E-state index contributed by atoms with van der Waals surface area (Å²) in [6.45, 7) is 2.02. The average molecular weight is 312 g/mol. The second kappa shape index (κ2) is 3.09. The molecule has 1 aromatic carbocycles. The highest BCUT2D eigenvalue weighted by molar-refractivity contribution is 14.1. The van der Waals surface area contributed by atoms with Crippen LogP contribution in [0.4, 0.5) is 5.69 Å². The molecule has 0 bridgehead atoms. The summed E-state index contributed by atoms with van der Waals surface area (Å²) in [4.78, 5) is 0. The molecule has 2 N–H and O–H groups in total. The number of anilines is 1. The number of halogens is 2. The predicted molar refractivity (Wildman–Crippen MR) is 56.0 cm³/mol. The predicted octanol–water partition coefficient (Wildman–Crippen LogP) is 2.94. The lowest BCUT2D eigenvalue weighted by Gasteiger charge is -2.01. The summed E-state index contributed by atoms with van der Waals surface area (Å²) >= 11 is 5.62. The van der Waals surface area contributed by atoms with Crippen LogP contribution in [0, 0.1) is 10.5 Å². The van der Waals surface area contributed by atoms with Crippen molar-refractivity contribution >= 4 is 44.2 Å². The quantitative estimate of drug-likeness (QED) is 0.578. The van der Waals surface area contributed by atoms with E-state index in [0.717, 1.165) is 13.7 Å². The molecule has 0 spiro atoms. The molecule has 0 saturated carbocycles. The molecule has 0 radical (unpaired) electrons. The van der Waals surface area contributed by atoms with Crippen molar-refractivity contribution in [3.8, 4) is 0 Å². The minimum Gasteiger partial charge on any atom is -0.398 e. The monoisotopic (exact) mass is 311 g/mol. The molecule has 0 aliphatic heterocycles. The van der Waals surface area contributed by atoms with Gasteiger partial charge in [0.1, 0.15) is 0 Å². The normalized spacial score (nSPS) is 9.90. The number of nitrogens with two attached hydrogens (primary N) is 1. The van der Waals surface area contributed by atoms with Crippen LogP contribution < -0.4 is 5.73 Å². The number of aryl methyl sites for hydroxylation is 1. The van der Waals surface area contributed by atoms with E-state index in [0.29, 0.717) is 0 Å². The van der Waals surface area contributed by atoms with E-state index in [9.17, 15) is 0 Å². The van der Waals surface area contributed by atoms with Crippen LogP contribution >= 0.6 is 38.5 Å². The van der Waals surface area contributed by atoms with Gasteiger partial charge in [0.15, 0.2) is 0 Å². The average Bonchev–Trinajstić information content (AvgIpc) is 1.82. The fraction of sp³-hybridized carbons (Fsp3) is 0.143. The third-order valence-electron chi connectivity index (χ3n) is 1.20. The summed E-state index contributed by atoms with van der Waals surface area (Å²) in [5, 5.41) is 0. The third kappa shape index (κ3) is 1.63. The first-order chi connectivity index (χ1) is 4.61. The van der Waals surface area contributed by atoms with Gasteiger partial charge >= 0.3 is 0 Å². The summed E-state index contributed by atoms with van der Waals surface area (Å²) in [6.07, 6.45) is 0. The lowest BCUT2D eigenvalue weighted by molar-refractivity contribution is 1.43. The van der Waals surface area contributed by atoms with Crippen LogP contribution in [-0.2, 0) is 0 Å². The molecule has 10 heavy (non-hydrogen) atoms. The molecular weight excluding hydrogens is 305 g/mol. The van der Waals surface area contributed by atoms with Crippen LogP contribution in [-0.4, -0.2) is 0 Å². The van der Waals surface area contributed by atoms with Crippen molar-refractivity contribution in [2.24, 2.45) is 0 Å². The molecule has 0 fully saturated rings. The van der Waals surface area contributed by atoms with E-state index in [1.165, 1.54) is 5.56 Å². The second-order valence-corrected chi connectivity index (χ2v) is 4.08. The van der Waals surface area contributed by atoms with E-state index in [4.69, 9.17) is 5.73 Å². The van der Waals surface area contributed by atoms with E-state index in [2.05, 4.69) is 44.6 Å². The van der Waals surface area contributed by atoms with E-state index >= 15 is 0 Å². The molecule has 0 aliphatic rings. The van der Waals surface area contributed by atoms with E-state index in [1.807, 2.05) is 13.0 Å². The maximum Gasteiger partial charge on any atom is 0.0502 e. The number of hydrogen-bond acceptors (Lipinski definition) is 1. The summed E-state index contributed by atoms with van der Waals surface area (Å²) < 4.78 is 2.16. The molecule has 1 nitrogen and oxygen atoms in total. The molecule has 0 aliphatic carbocycles. The molecule has 0 heterocycles. The highest BCUT2D eigenvalue weighted by Gasteiger charge is 1.99. The lowest BCUT2D eigenvalue weighted by Crippen LogP contribution is -1.90. The number of rotatable bonds is 0. The van der Waals surface area contributed by atoms with Gasteiger partial charge in [0.2, 0.25) is 0 Å². The maximum absolute atomic E-state index is 5.68. The summed E-state index contributed by atoms with van der Waals surface area (Å²) in [5.74, 6) is 0. The fourth-order valence-corrected chi connectivity index (χ4v) is 1.65. The number of nitrogen functional groups attached to an aromatic ring is 1. The highest BCUT2D eigenvalue weighted by Crippen LogP contribution is 2.25. The first kappa shape index (κ1) is 8.33. The van der Waals surface area contributed by atoms with Crippen molar-refractivity contribution in [1.29, 1.82) is 0 Å². The molecule has 0 atom stereocenters. The number of benzene rings is 1. The molecule has 0 saturated heterocycles. The summed E-state index contributed by atoms with van der Waals surface area (Å²) in [6, 6.07) is 4.02. The molecule has 3 heteroatoms. The lowest BCUT2D eigenvalue weighted by atomic mass is 10.2. The molecule has 1 aromatic rings. The zero-order valence-corrected chi connectivity index (χ0v) is 9.23. The smallest absolute Gasteiger partial charge is 0.0502 e. The van der Waals surface area contributed by atoms with Gasteiger partial charge in [-0.05, 0) is 63.1 Å². The Bertz CT molecular complexity index is 237. The first-order valence-electron chi connectivity index (χ1n) is 2.82. The van der Waals surface area contributed by atoms with Gasteiger partial charge in [0.05, 0.1) is 3.57 Å². The van der Waals surface area contributed by atoms with Crippen molar-refractivity contribution in [2.45, 2.75) is 6.92 Å². The van der Waals surface area contributed by atoms with Crippen LogP contribution in [0.2, 0.25) is 0 Å². The molecule has 1 rings (SSSR count). The Morgan fingerprint density at radius 3 is 2.60 bits per heavy atom. The van der Waals surface area contributed by atoms with Gasteiger partial charge in [-0.15, -0.1) is 0 Å². The van der Waals surface area contributed by atoms with Crippen molar-refractivity contribution < 1.29 is 0 Å². The van der Waals surface area contributed by atoms with Crippen molar-refractivity contribution in [1.82, 2.24) is 0 Å². The van der Waals surface area contributed by atoms with Gasteiger partial charge in [0, 0.05) is 10.2 Å². The Labute approximate surface area is 82.3 Å². The maximum atomic E-state index is 5.68.